The van der Waals surface area contributed by atoms with E-state index in [0.29, 0.717) is 6.54 Å². The largest absolute Gasteiger partial charge is 0.497 e. The number of hydrogen-bond acceptors (Lipinski definition) is 3. The van der Waals surface area contributed by atoms with Crippen LogP contribution in [-0.2, 0) is 11.3 Å². The fraction of sp³-hybridized carbons (Fsp3) is 0.286. The first-order chi connectivity index (χ1) is 12.7. The highest BCUT2D eigenvalue weighted by Crippen LogP contribution is 2.27. The van der Waals surface area contributed by atoms with Gasteiger partial charge in [-0.05, 0) is 30.7 Å². The van der Waals surface area contributed by atoms with Crippen LogP contribution >= 0.6 is 0 Å². The molecule has 1 aromatic heterocycles. The van der Waals surface area contributed by atoms with Gasteiger partial charge < -0.3 is 14.6 Å². The van der Waals surface area contributed by atoms with E-state index in [1.165, 1.54) is 10.9 Å². The van der Waals surface area contributed by atoms with Crippen molar-refractivity contribution in [1.82, 2.24) is 9.88 Å². The number of nitrogens with zero attached hydrogens (tertiary/aromatic N) is 2. The van der Waals surface area contributed by atoms with Crippen molar-refractivity contribution < 1.29 is 9.53 Å². The summed E-state index contributed by atoms with van der Waals surface area (Å²) >= 11 is 0. The standard InChI is InChI=1S/C21H23N3O2/c1-15-12-23(13-16-11-22-20-9-4-3-8-19(16)20)14-21(25)24(15)17-6-5-7-18(10-17)26-2/h3-11,15,22H,12-14H2,1-2H3. The molecule has 0 aliphatic carbocycles. The van der Waals surface area contributed by atoms with Crippen molar-refractivity contribution in [3.05, 3.63) is 60.3 Å². The number of H-pyrrole nitrogens is 1. The summed E-state index contributed by atoms with van der Waals surface area (Å²) < 4.78 is 5.30. The van der Waals surface area contributed by atoms with Gasteiger partial charge in [0.05, 0.1) is 13.7 Å². The molecule has 1 atom stereocenters. The predicted molar refractivity (Wildman–Crippen MR) is 104 cm³/mol. The summed E-state index contributed by atoms with van der Waals surface area (Å²) in [6.07, 6.45) is 2.05. The molecule has 4 rings (SSSR count). The van der Waals surface area contributed by atoms with Crippen LogP contribution in [0.5, 0.6) is 5.75 Å². The van der Waals surface area contributed by atoms with Gasteiger partial charge in [-0.25, -0.2) is 0 Å². The number of nitrogens with one attached hydrogen (secondary N) is 1. The molecule has 0 saturated carbocycles. The van der Waals surface area contributed by atoms with E-state index in [1.54, 1.807) is 7.11 Å². The van der Waals surface area contributed by atoms with Gasteiger partial charge in [-0.2, -0.15) is 0 Å². The zero-order chi connectivity index (χ0) is 18.1. The molecule has 1 fully saturated rings. The van der Waals surface area contributed by atoms with Gasteiger partial charge in [0.2, 0.25) is 5.91 Å². The topological polar surface area (TPSA) is 48.6 Å². The van der Waals surface area contributed by atoms with Gasteiger partial charge in [0, 0.05) is 48.0 Å². The Kier molecular flexibility index (Phi) is 4.39. The molecule has 1 aliphatic heterocycles. The number of carbonyl (C=O) groups is 1. The number of anilines is 1. The first-order valence-corrected chi connectivity index (χ1v) is 8.89. The summed E-state index contributed by atoms with van der Waals surface area (Å²) in [6, 6.07) is 16.1. The summed E-state index contributed by atoms with van der Waals surface area (Å²) in [4.78, 5) is 20.3. The third-order valence-electron chi connectivity index (χ3n) is 4.99. The van der Waals surface area contributed by atoms with E-state index in [4.69, 9.17) is 4.74 Å². The third kappa shape index (κ3) is 3.06. The maximum Gasteiger partial charge on any atom is 0.241 e. The van der Waals surface area contributed by atoms with Crippen LogP contribution < -0.4 is 9.64 Å². The van der Waals surface area contributed by atoms with Crippen molar-refractivity contribution >= 4 is 22.5 Å². The Labute approximate surface area is 153 Å². The zero-order valence-electron chi connectivity index (χ0n) is 15.1. The van der Waals surface area contributed by atoms with E-state index in [9.17, 15) is 4.79 Å². The summed E-state index contributed by atoms with van der Waals surface area (Å²) in [7, 11) is 1.64. The summed E-state index contributed by atoms with van der Waals surface area (Å²) in [5.74, 6) is 0.889. The van der Waals surface area contributed by atoms with E-state index in [2.05, 4.69) is 28.9 Å². The summed E-state index contributed by atoms with van der Waals surface area (Å²) in [5, 5.41) is 1.22. The Hall–Kier alpha value is -2.79. The number of para-hydroxylation sites is 1. The van der Waals surface area contributed by atoms with Gasteiger partial charge in [-0.1, -0.05) is 24.3 Å². The molecule has 0 spiro atoms. The van der Waals surface area contributed by atoms with Crippen LogP contribution in [0, 0.1) is 0 Å². The highest BCUT2D eigenvalue weighted by Gasteiger charge is 2.31. The van der Waals surface area contributed by atoms with Crippen molar-refractivity contribution in [2.75, 3.05) is 25.1 Å². The van der Waals surface area contributed by atoms with E-state index in [-0.39, 0.29) is 11.9 Å². The molecule has 134 valence electrons. The van der Waals surface area contributed by atoms with Gasteiger partial charge in [0.15, 0.2) is 0 Å². The number of carbonyl (C=O) groups excluding carboxylic acids is 1. The van der Waals surface area contributed by atoms with Crippen LogP contribution in [0.25, 0.3) is 10.9 Å². The molecule has 1 amide bonds. The van der Waals surface area contributed by atoms with Crippen molar-refractivity contribution in [2.45, 2.75) is 19.5 Å². The number of piperazine rings is 1. The Bertz CT molecular complexity index is 934. The molecule has 26 heavy (non-hydrogen) atoms. The molecule has 1 N–H and O–H groups in total. The van der Waals surface area contributed by atoms with Gasteiger partial charge >= 0.3 is 0 Å². The van der Waals surface area contributed by atoms with E-state index in [1.807, 2.05) is 47.5 Å². The number of hydrogen-bond donors (Lipinski definition) is 1. The SMILES string of the molecule is COc1cccc(N2C(=O)CN(Cc3c[nH]c4ccccc34)CC2C)c1. The lowest BCUT2D eigenvalue weighted by molar-refractivity contribution is -0.122. The average Bonchev–Trinajstić information content (AvgIpc) is 3.04. The lowest BCUT2D eigenvalue weighted by Crippen LogP contribution is -2.55. The van der Waals surface area contributed by atoms with Crippen molar-refractivity contribution in [1.29, 1.82) is 0 Å². The molecule has 3 aromatic rings. The number of aromatic amines is 1. The van der Waals surface area contributed by atoms with Crippen molar-refractivity contribution in [2.24, 2.45) is 0 Å². The molecule has 1 aliphatic rings. The Balaban J connectivity index is 1.52. The van der Waals surface area contributed by atoms with E-state index < -0.39 is 0 Å². The molecule has 0 radical (unpaired) electrons. The minimum atomic E-state index is 0.105. The number of aromatic nitrogens is 1. The molecule has 5 heteroatoms. The first-order valence-electron chi connectivity index (χ1n) is 8.89. The molecule has 2 aromatic carbocycles. The van der Waals surface area contributed by atoms with E-state index in [0.717, 1.165) is 30.0 Å². The highest BCUT2D eigenvalue weighted by molar-refractivity contribution is 5.96. The second-order valence-electron chi connectivity index (χ2n) is 6.84. The number of methoxy groups -OCH3 is 1. The van der Waals surface area contributed by atoms with Crippen molar-refractivity contribution in [3.63, 3.8) is 0 Å². The fourth-order valence-electron chi connectivity index (χ4n) is 3.82. The first kappa shape index (κ1) is 16.7. The Morgan fingerprint density at radius 3 is 2.85 bits per heavy atom. The highest BCUT2D eigenvalue weighted by atomic mass is 16.5. The third-order valence-corrected chi connectivity index (χ3v) is 4.99. The van der Waals surface area contributed by atoms with Gasteiger partial charge in [0.25, 0.3) is 0 Å². The zero-order valence-corrected chi connectivity index (χ0v) is 15.1. The second-order valence-corrected chi connectivity index (χ2v) is 6.84. The summed E-state index contributed by atoms with van der Waals surface area (Å²) in [6.45, 7) is 4.12. The molecular weight excluding hydrogens is 326 g/mol. The van der Waals surface area contributed by atoms with Crippen molar-refractivity contribution in [3.8, 4) is 5.75 Å². The van der Waals surface area contributed by atoms with Crippen LogP contribution in [0.2, 0.25) is 0 Å². The molecule has 5 nitrogen and oxygen atoms in total. The number of ether oxygens (including phenoxy) is 1. The van der Waals surface area contributed by atoms with Crippen LogP contribution in [0.1, 0.15) is 12.5 Å². The fourth-order valence-corrected chi connectivity index (χ4v) is 3.82. The minimum absolute atomic E-state index is 0.105. The lowest BCUT2D eigenvalue weighted by Gasteiger charge is -2.39. The number of rotatable bonds is 4. The number of amides is 1. The number of fused-ring (bicyclic) bond motifs is 1. The van der Waals surface area contributed by atoms with Gasteiger partial charge in [-0.15, -0.1) is 0 Å². The van der Waals surface area contributed by atoms with E-state index >= 15 is 0 Å². The molecule has 1 unspecified atom stereocenters. The second kappa shape index (κ2) is 6.84. The summed E-state index contributed by atoms with van der Waals surface area (Å²) in [5.41, 5.74) is 3.26. The smallest absolute Gasteiger partial charge is 0.241 e. The number of benzene rings is 2. The maximum atomic E-state index is 12.8. The molecule has 2 heterocycles. The monoisotopic (exact) mass is 349 g/mol. The van der Waals surface area contributed by atoms with Crippen LogP contribution in [-0.4, -0.2) is 42.0 Å². The van der Waals surface area contributed by atoms with Crippen LogP contribution in [0.15, 0.2) is 54.7 Å². The Morgan fingerprint density at radius 2 is 2.04 bits per heavy atom. The van der Waals surface area contributed by atoms with Gasteiger partial charge in [-0.3, -0.25) is 9.69 Å². The average molecular weight is 349 g/mol. The quantitative estimate of drug-likeness (QED) is 0.785. The van der Waals surface area contributed by atoms with Crippen LogP contribution in [0.4, 0.5) is 5.69 Å². The molecule has 0 bridgehead atoms. The lowest BCUT2D eigenvalue weighted by atomic mass is 10.1. The normalized spacial score (nSPS) is 18.5. The van der Waals surface area contributed by atoms with Crippen LogP contribution in [0.3, 0.4) is 0 Å². The maximum absolute atomic E-state index is 12.8. The minimum Gasteiger partial charge on any atom is -0.497 e. The predicted octanol–water partition coefficient (Wildman–Crippen LogP) is 3.41. The molecule has 1 saturated heterocycles. The molecular formula is C21H23N3O2. The Morgan fingerprint density at radius 1 is 1.19 bits per heavy atom. The van der Waals surface area contributed by atoms with Gasteiger partial charge in [0.1, 0.15) is 5.75 Å².